The lowest BCUT2D eigenvalue weighted by atomic mass is 9.78. The Balaban J connectivity index is 1.91. The highest BCUT2D eigenvalue weighted by Gasteiger charge is 2.35. The van der Waals surface area contributed by atoms with Crippen molar-refractivity contribution in [2.45, 2.75) is 32.1 Å². The highest BCUT2D eigenvalue weighted by Crippen LogP contribution is 2.39. The van der Waals surface area contributed by atoms with E-state index in [0.717, 1.165) is 30.9 Å². The first-order chi connectivity index (χ1) is 16.0. The molecule has 1 N–H and O–H groups in total. The van der Waals surface area contributed by atoms with Crippen molar-refractivity contribution < 1.29 is 9.52 Å². The minimum absolute atomic E-state index is 0.00278. The van der Waals surface area contributed by atoms with Crippen LogP contribution in [0.3, 0.4) is 0 Å². The highest BCUT2D eigenvalue weighted by atomic mass is 16.4. The topological polar surface area (TPSA) is 69.3 Å². The number of likely N-dealkylation sites (tertiary alicyclic amines) is 1. The summed E-state index contributed by atoms with van der Waals surface area (Å²) in [6.45, 7) is 4.84. The van der Waals surface area contributed by atoms with Gasteiger partial charge in [-0.2, -0.15) is 5.10 Å². The van der Waals surface area contributed by atoms with Crippen LogP contribution < -0.4 is 5.63 Å². The Labute approximate surface area is 195 Å². The van der Waals surface area contributed by atoms with E-state index in [1.54, 1.807) is 23.2 Å². The number of rotatable bonds is 7. The number of nitrogens with zero attached hydrogens (tertiary/aromatic N) is 3. The maximum absolute atomic E-state index is 13.3. The van der Waals surface area contributed by atoms with Crippen molar-refractivity contribution in [3.8, 4) is 5.75 Å². The Morgan fingerprint density at radius 1 is 1.06 bits per heavy atom. The number of hydrogen-bond acceptors (Lipinski definition) is 6. The van der Waals surface area contributed by atoms with Gasteiger partial charge in [0.05, 0.1) is 10.9 Å². The zero-order valence-electron chi connectivity index (χ0n) is 19.7. The van der Waals surface area contributed by atoms with E-state index in [-0.39, 0.29) is 11.7 Å². The summed E-state index contributed by atoms with van der Waals surface area (Å²) in [6.07, 6.45) is 3.61. The molecule has 174 valence electrons. The van der Waals surface area contributed by atoms with Gasteiger partial charge >= 0.3 is 5.63 Å². The smallest absolute Gasteiger partial charge is 0.343 e. The van der Waals surface area contributed by atoms with Gasteiger partial charge in [0.2, 0.25) is 0 Å². The number of benzene rings is 2. The number of fused-ring (bicyclic) bond motifs is 1. The predicted octanol–water partition coefficient (Wildman–Crippen LogP) is 4.67. The van der Waals surface area contributed by atoms with Gasteiger partial charge in [-0.25, -0.2) is 4.79 Å². The molecule has 1 aliphatic heterocycles. The number of hydrazone groups is 1. The van der Waals surface area contributed by atoms with E-state index < -0.39 is 11.5 Å². The van der Waals surface area contributed by atoms with Gasteiger partial charge in [-0.05, 0) is 50.6 Å². The van der Waals surface area contributed by atoms with Gasteiger partial charge in [0, 0.05) is 38.2 Å². The zero-order chi connectivity index (χ0) is 23.4. The van der Waals surface area contributed by atoms with Crippen LogP contribution in [0, 0.1) is 5.92 Å². The van der Waals surface area contributed by atoms with E-state index in [0.29, 0.717) is 16.5 Å². The molecule has 0 radical (unpaired) electrons. The SMILES string of the molecule is C/C(=N/N(C)C)[C@@H](CN1CCCCC1)[C@@H](c1ccccc1)c1c(O)c2ccccc2oc1=O. The quantitative estimate of drug-likeness (QED) is 0.324. The summed E-state index contributed by atoms with van der Waals surface area (Å²) in [5.41, 5.74) is 2.08. The van der Waals surface area contributed by atoms with Crippen LogP contribution in [0.25, 0.3) is 11.0 Å². The van der Waals surface area contributed by atoms with Crippen LogP contribution >= 0.6 is 0 Å². The maximum atomic E-state index is 13.3. The fourth-order valence-corrected chi connectivity index (χ4v) is 4.97. The molecule has 1 aliphatic rings. The van der Waals surface area contributed by atoms with Gasteiger partial charge in [0.15, 0.2) is 0 Å². The normalized spacial score (nSPS) is 17.1. The Morgan fingerprint density at radius 2 is 1.73 bits per heavy atom. The molecule has 0 amide bonds. The average Bonchev–Trinajstić information content (AvgIpc) is 2.81. The number of hydrogen-bond donors (Lipinski definition) is 1. The van der Waals surface area contributed by atoms with Crippen LogP contribution in [0.1, 0.15) is 43.2 Å². The standard InChI is InChI=1S/C27H33N3O3/c1-19(28-29(2)3)22(18-30-16-10-5-11-17-30)24(20-12-6-4-7-13-20)25-26(31)21-14-8-9-15-23(21)33-27(25)32/h4,6-9,12-15,22,24,31H,5,10-11,16-18H2,1-3H3/b28-19-/t22-,24-/m1/s1. The Morgan fingerprint density at radius 3 is 2.42 bits per heavy atom. The molecule has 1 saturated heterocycles. The summed E-state index contributed by atoms with van der Waals surface area (Å²) in [6, 6.07) is 17.1. The van der Waals surface area contributed by atoms with Crippen LogP contribution in [-0.4, -0.2) is 54.5 Å². The fraction of sp³-hybridized carbons (Fsp3) is 0.407. The molecule has 1 fully saturated rings. The Bertz CT molecular complexity index is 1160. The molecule has 0 saturated carbocycles. The molecule has 2 atom stereocenters. The van der Waals surface area contributed by atoms with Crippen LogP contribution in [-0.2, 0) is 0 Å². The second-order valence-electron chi connectivity index (χ2n) is 9.09. The van der Waals surface area contributed by atoms with E-state index in [2.05, 4.69) is 4.90 Å². The van der Waals surface area contributed by atoms with Crippen molar-refractivity contribution in [2.75, 3.05) is 33.7 Å². The van der Waals surface area contributed by atoms with Crippen molar-refractivity contribution >= 4 is 16.7 Å². The lowest BCUT2D eigenvalue weighted by molar-refractivity contribution is 0.206. The minimum Gasteiger partial charge on any atom is -0.507 e. The lowest BCUT2D eigenvalue weighted by Crippen LogP contribution is -2.40. The second-order valence-corrected chi connectivity index (χ2v) is 9.09. The highest BCUT2D eigenvalue weighted by molar-refractivity contribution is 5.88. The third-order valence-electron chi connectivity index (χ3n) is 6.49. The first kappa shape index (κ1) is 23.1. The summed E-state index contributed by atoms with van der Waals surface area (Å²) in [5.74, 6) is -0.502. The van der Waals surface area contributed by atoms with Gasteiger partial charge < -0.3 is 19.4 Å². The molecule has 4 rings (SSSR count). The fourth-order valence-electron chi connectivity index (χ4n) is 4.97. The van der Waals surface area contributed by atoms with Crippen LogP contribution in [0.15, 0.2) is 68.9 Å². The van der Waals surface area contributed by atoms with E-state index in [1.807, 2.05) is 57.4 Å². The van der Waals surface area contributed by atoms with Crippen LogP contribution in [0.2, 0.25) is 0 Å². The van der Waals surface area contributed by atoms with E-state index in [4.69, 9.17) is 9.52 Å². The molecule has 33 heavy (non-hydrogen) atoms. The van der Waals surface area contributed by atoms with Gasteiger partial charge in [-0.3, -0.25) is 0 Å². The molecule has 6 heteroatoms. The number of para-hydroxylation sites is 1. The van der Waals surface area contributed by atoms with E-state index >= 15 is 0 Å². The first-order valence-electron chi connectivity index (χ1n) is 11.7. The summed E-state index contributed by atoms with van der Waals surface area (Å²) in [4.78, 5) is 15.8. The lowest BCUT2D eigenvalue weighted by Gasteiger charge is -2.35. The van der Waals surface area contributed by atoms with Crippen molar-refractivity contribution in [2.24, 2.45) is 11.0 Å². The predicted molar refractivity (Wildman–Crippen MR) is 133 cm³/mol. The van der Waals surface area contributed by atoms with Gasteiger partial charge in [-0.1, -0.05) is 48.9 Å². The minimum atomic E-state index is -0.499. The third kappa shape index (κ3) is 5.11. The molecule has 3 aromatic rings. The Hall–Kier alpha value is -3.12. The van der Waals surface area contributed by atoms with Gasteiger partial charge in [-0.15, -0.1) is 0 Å². The van der Waals surface area contributed by atoms with Crippen molar-refractivity contribution in [3.05, 3.63) is 76.1 Å². The summed E-state index contributed by atoms with van der Waals surface area (Å²) in [7, 11) is 3.81. The number of piperidine rings is 1. The monoisotopic (exact) mass is 447 g/mol. The third-order valence-corrected chi connectivity index (χ3v) is 6.49. The molecule has 0 unspecified atom stereocenters. The van der Waals surface area contributed by atoms with E-state index in [9.17, 15) is 9.90 Å². The van der Waals surface area contributed by atoms with Crippen LogP contribution in [0.5, 0.6) is 5.75 Å². The molecule has 2 heterocycles. The van der Waals surface area contributed by atoms with E-state index in [1.165, 1.54) is 19.3 Å². The molecule has 1 aromatic heterocycles. The maximum Gasteiger partial charge on any atom is 0.343 e. The molecular formula is C27H33N3O3. The Kier molecular flexibility index (Phi) is 7.14. The molecule has 6 nitrogen and oxygen atoms in total. The second kappa shape index (κ2) is 10.2. The van der Waals surface area contributed by atoms with Crippen molar-refractivity contribution in [1.29, 1.82) is 0 Å². The van der Waals surface area contributed by atoms with Gasteiger partial charge in [0.25, 0.3) is 0 Å². The first-order valence-corrected chi connectivity index (χ1v) is 11.7. The molecule has 0 bridgehead atoms. The summed E-state index contributed by atoms with van der Waals surface area (Å²) >= 11 is 0. The molecule has 0 spiro atoms. The summed E-state index contributed by atoms with van der Waals surface area (Å²) in [5, 5.41) is 18.4. The van der Waals surface area contributed by atoms with Crippen molar-refractivity contribution in [3.63, 3.8) is 0 Å². The average molecular weight is 448 g/mol. The molecule has 2 aromatic carbocycles. The van der Waals surface area contributed by atoms with Crippen LogP contribution in [0.4, 0.5) is 0 Å². The largest absolute Gasteiger partial charge is 0.507 e. The molecular weight excluding hydrogens is 414 g/mol. The van der Waals surface area contributed by atoms with Gasteiger partial charge in [0.1, 0.15) is 11.3 Å². The van der Waals surface area contributed by atoms with Crippen molar-refractivity contribution in [1.82, 2.24) is 9.91 Å². The number of aromatic hydroxyl groups is 1. The molecule has 0 aliphatic carbocycles. The zero-order valence-corrected chi connectivity index (χ0v) is 19.7. The summed E-state index contributed by atoms with van der Waals surface area (Å²) < 4.78 is 5.70.